The van der Waals surface area contributed by atoms with Crippen LogP contribution in [-0.4, -0.2) is 16.6 Å². The fraction of sp³-hybridized carbons (Fsp3) is 0.514. The van der Waals surface area contributed by atoms with Crippen molar-refractivity contribution in [2.24, 2.45) is 10.2 Å². The number of halogens is 1. The Balaban J connectivity index is 1.45. The highest BCUT2D eigenvalue weighted by Gasteiger charge is 2.16. The minimum atomic E-state index is -0.566. The van der Waals surface area contributed by atoms with Crippen LogP contribution >= 0.6 is 15.9 Å². The van der Waals surface area contributed by atoms with Gasteiger partial charge in [0.2, 0.25) is 0 Å². The van der Waals surface area contributed by atoms with Gasteiger partial charge < -0.3 is 9.84 Å². The van der Waals surface area contributed by atoms with Crippen LogP contribution in [0.4, 0.5) is 17.1 Å². The molecule has 3 aromatic rings. The van der Waals surface area contributed by atoms with Crippen molar-refractivity contribution in [2.45, 2.75) is 110 Å². The first-order chi connectivity index (χ1) is 21.5. The summed E-state index contributed by atoms with van der Waals surface area (Å²) >= 11 is 3.27. The molecule has 9 heteroatoms. The molecule has 0 aliphatic carbocycles. The van der Waals surface area contributed by atoms with Crippen molar-refractivity contribution in [1.82, 2.24) is 0 Å². The smallest absolute Gasteiger partial charge is 0.272 e. The Morgan fingerprint density at radius 2 is 1.45 bits per heavy atom. The molecule has 3 rings (SSSR count). The number of nitrogens with zero attached hydrogens (tertiary/aromatic N) is 4. The normalized spacial score (nSPS) is 11.3. The molecule has 0 aromatic heterocycles. The van der Waals surface area contributed by atoms with Crippen molar-refractivity contribution >= 4 is 43.8 Å². The van der Waals surface area contributed by atoms with Crippen LogP contribution in [0.2, 0.25) is 0 Å². The maximum Gasteiger partial charge on any atom is 0.272 e. The molecule has 0 unspecified atom stereocenters. The fourth-order valence-corrected chi connectivity index (χ4v) is 5.88. The average molecular weight is 666 g/mol. The Hall–Kier alpha value is -3.51. The van der Waals surface area contributed by atoms with E-state index in [1.807, 2.05) is 18.2 Å². The number of ether oxygens (including phenoxy) is 1. The Morgan fingerprint density at radius 1 is 0.864 bits per heavy atom. The van der Waals surface area contributed by atoms with E-state index < -0.39 is 4.92 Å². The van der Waals surface area contributed by atoms with Gasteiger partial charge in [0.25, 0.3) is 5.69 Å². The molecule has 0 aliphatic rings. The molecule has 0 amide bonds. The number of non-ortho nitro benzene ring substituents is 1. The maximum absolute atomic E-state index is 11.2. The highest BCUT2D eigenvalue weighted by Crippen LogP contribution is 2.41. The summed E-state index contributed by atoms with van der Waals surface area (Å²) in [5.41, 5.74) is 0.450. The number of aromatic hydroxyl groups is 1. The minimum absolute atomic E-state index is 0.0258. The molecule has 0 fully saturated rings. The van der Waals surface area contributed by atoms with Gasteiger partial charge in [0, 0.05) is 17.5 Å². The Kier molecular flexibility index (Phi) is 15.7. The summed E-state index contributed by atoms with van der Waals surface area (Å²) in [4.78, 5) is 10.6. The third kappa shape index (κ3) is 11.2. The standard InChI is InChI=1S/C35H45BrN4O4/c1-2-3-4-5-6-7-8-9-10-11-12-13-14-15-16-17-23-44-33-20-18-19-29-32(41)22-21-31(34(29)33)38-39-35-27(26-37)24-28(40(42)43)25-30(35)36/h18-22,24-25,41H,2-17,23H2,1H3/b39-38+. The predicted molar refractivity (Wildman–Crippen MR) is 180 cm³/mol. The maximum atomic E-state index is 11.2. The molecule has 0 aliphatic heterocycles. The van der Waals surface area contributed by atoms with E-state index in [1.54, 1.807) is 12.1 Å². The molecule has 0 bridgehead atoms. The van der Waals surface area contributed by atoms with Gasteiger partial charge in [-0.3, -0.25) is 10.1 Å². The second-order valence-corrected chi connectivity index (χ2v) is 12.2. The van der Waals surface area contributed by atoms with E-state index in [2.05, 4.69) is 33.1 Å². The lowest BCUT2D eigenvalue weighted by Gasteiger charge is -2.12. The van der Waals surface area contributed by atoms with Crippen LogP contribution in [0, 0.1) is 21.4 Å². The van der Waals surface area contributed by atoms with Crippen LogP contribution in [0.3, 0.4) is 0 Å². The van der Waals surface area contributed by atoms with Crippen molar-refractivity contribution in [3.63, 3.8) is 0 Å². The largest absolute Gasteiger partial charge is 0.507 e. The van der Waals surface area contributed by atoms with Gasteiger partial charge in [0.1, 0.15) is 23.3 Å². The zero-order valence-corrected chi connectivity index (χ0v) is 27.5. The van der Waals surface area contributed by atoms with Crippen LogP contribution in [-0.2, 0) is 0 Å². The van der Waals surface area contributed by atoms with E-state index in [1.165, 1.54) is 108 Å². The molecule has 0 saturated heterocycles. The van der Waals surface area contributed by atoms with Gasteiger partial charge in [0.15, 0.2) is 0 Å². The Labute approximate surface area is 269 Å². The topological polar surface area (TPSA) is 121 Å². The zero-order valence-electron chi connectivity index (χ0n) is 25.9. The Bertz CT molecular complexity index is 1420. The summed E-state index contributed by atoms with van der Waals surface area (Å²) in [6.07, 6.45) is 21.0. The third-order valence-corrected chi connectivity index (χ3v) is 8.45. The first-order valence-corrected chi connectivity index (χ1v) is 16.9. The quantitative estimate of drug-likeness (QED) is 0.0525. The van der Waals surface area contributed by atoms with Crippen LogP contribution < -0.4 is 4.74 Å². The first kappa shape index (κ1) is 35.0. The van der Waals surface area contributed by atoms with E-state index in [9.17, 15) is 20.5 Å². The van der Waals surface area contributed by atoms with Crippen LogP contribution in [0.1, 0.15) is 115 Å². The molecule has 236 valence electrons. The molecule has 1 N–H and O–H groups in total. The molecule has 0 radical (unpaired) electrons. The molecule has 0 saturated carbocycles. The van der Waals surface area contributed by atoms with Gasteiger partial charge in [-0.15, -0.1) is 10.2 Å². The first-order valence-electron chi connectivity index (χ1n) is 16.1. The van der Waals surface area contributed by atoms with Gasteiger partial charge >= 0.3 is 0 Å². The molecule has 0 atom stereocenters. The number of hydrogen-bond donors (Lipinski definition) is 1. The summed E-state index contributed by atoms with van der Waals surface area (Å²) in [5, 5.41) is 41.0. The monoisotopic (exact) mass is 664 g/mol. The number of nitriles is 1. The second-order valence-electron chi connectivity index (χ2n) is 11.3. The highest BCUT2D eigenvalue weighted by molar-refractivity contribution is 9.10. The number of hydrogen-bond acceptors (Lipinski definition) is 7. The molecule has 8 nitrogen and oxygen atoms in total. The number of phenolic OH excluding ortho intramolecular Hbond substituents is 1. The van der Waals surface area contributed by atoms with Crippen LogP contribution in [0.5, 0.6) is 11.5 Å². The highest BCUT2D eigenvalue weighted by atomic mass is 79.9. The van der Waals surface area contributed by atoms with Gasteiger partial charge in [-0.1, -0.05) is 115 Å². The third-order valence-electron chi connectivity index (χ3n) is 7.85. The molecule has 3 aromatic carbocycles. The molecular formula is C35H45BrN4O4. The molecule has 44 heavy (non-hydrogen) atoms. The summed E-state index contributed by atoms with van der Waals surface area (Å²) in [5.74, 6) is 0.692. The summed E-state index contributed by atoms with van der Waals surface area (Å²) in [6.45, 7) is 2.82. The van der Waals surface area contributed by atoms with E-state index in [0.29, 0.717) is 28.8 Å². The fourth-order valence-electron chi connectivity index (χ4n) is 5.36. The van der Waals surface area contributed by atoms with Gasteiger partial charge in [-0.25, -0.2) is 0 Å². The number of rotatable bonds is 21. The van der Waals surface area contributed by atoms with Gasteiger partial charge in [-0.2, -0.15) is 5.26 Å². The number of nitro benzene ring substituents is 1. The number of benzene rings is 3. The number of phenols is 1. The van der Waals surface area contributed by atoms with Crippen molar-refractivity contribution in [3.05, 3.63) is 62.6 Å². The van der Waals surface area contributed by atoms with Crippen molar-refractivity contribution < 1.29 is 14.8 Å². The van der Waals surface area contributed by atoms with Crippen LogP contribution in [0.15, 0.2) is 57.2 Å². The lowest BCUT2D eigenvalue weighted by atomic mass is 10.0. The molecule has 0 spiro atoms. The van der Waals surface area contributed by atoms with E-state index in [0.717, 1.165) is 12.8 Å². The number of azo groups is 1. The van der Waals surface area contributed by atoms with Crippen LogP contribution in [0.25, 0.3) is 10.8 Å². The lowest BCUT2D eigenvalue weighted by molar-refractivity contribution is -0.384. The average Bonchev–Trinajstić information content (AvgIpc) is 3.02. The zero-order chi connectivity index (χ0) is 31.6. The van der Waals surface area contributed by atoms with E-state index in [4.69, 9.17) is 4.74 Å². The SMILES string of the molecule is CCCCCCCCCCCCCCCCCCOc1cccc2c(O)ccc(/N=N/c3c(Br)cc([N+](=O)[O-])cc3C#N)c12. The number of unbranched alkanes of at least 4 members (excludes halogenated alkanes) is 15. The van der Waals surface area contributed by atoms with Crippen molar-refractivity contribution in [3.8, 4) is 17.6 Å². The number of fused-ring (bicyclic) bond motifs is 1. The molecule has 0 heterocycles. The minimum Gasteiger partial charge on any atom is -0.507 e. The summed E-state index contributed by atoms with van der Waals surface area (Å²) in [6, 6.07) is 13.0. The number of nitro groups is 1. The van der Waals surface area contributed by atoms with E-state index in [-0.39, 0.29) is 27.2 Å². The summed E-state index contributed by atoms with van der Waals surface area (Å²) in [7, 11) is 0. The van der Waals surface area contributed by atoms with Crippen molar-refractivity contribution in [1.29, 1.82) is 5.26 Å². The molecular weight excluding hydrogens is 620 g/mol. The van der Waals surface area contributed by atoms with Gasteiger partial charge in [-0.05, 0) is 40.5 Å². The Morgan fingerprint density at radius 3 is 2.02 bits per heavy atom. The lowest BCUT2D eigenvalue weighted by Crippen LogP contribution is -1.98. The summed E-state index contributed by atoms with van der Waals surface area (Å²) < 4.78 is 6.43. The van der Waals surface area contributed by atoms with E-state index >= 15 is 0 Å². The predicted octanol–water partition coefficient (Wildman–Crippen LogP) is 12.1. The second kappa shape index (κ2) is 19.7. The van der Waals surface area contributed by atoms with Gasteiger partial charge in [0.05, 0.1) is 32.6 Å². The van der Waals surface area contributed by atoms with Crippen molar-refractivity contribution in [2.75, 3.05) is 6.61 Å².